The monoisotopic (exact) mass is 257 g/mol. The molecule has 1 rings (SSSR count). The van der Waals surface area contributed by atoms with Gasteiger partial charge in [-0.25, -0.2) is 0 Å². The average Bonchev–Trinajstić information content (AvgIpc) is 2.70. The fourth-order valence-electron chi connectivity index (χ4n) is 2.58. The molecule has 0 saturated heterocycles. The first-order valence-corrected chi connectivity index (χ1v) is 7.46. The zero-order chi connectivity index (χ0) is 13.5. The molecule has 3 nitrogen and oxygen atoms in total. The third kappa shape index (κ3) is 6.17. The molecular formula is C15H31NO2. The van der Waals surface area contributed by atoms with Crippen molar-refractivity contribution < 1.29 is 9.47 Å². The third-order valence-corrected chi connectivity index (χ3v) is 3.54. The van der Waals surface area contributed by atoms with E-state index >= 15 is 0 Å². The summed E-state index contributed by atoms with van der Waals surface area (Å²) in [5, 5.41) is 0. The van der Waals surface area contributed by atoms with Crippen molar-refractivity contribution in [2.45, 2.75) is 77.3 Å². The zero-order valence-electron chi connectivity index (χ0n) is 12.8. The van der Waals surface area contributed by atoms with Gasteiger partial charge in [-0.15, -0.1) is 0 Å². The van der Waals surface area contributed by atoms with Gasteiger partial charge in [-0.3, -0.25) is 0 Å². The Morgan fingerprint density at radius 3 is 2.22 bits per heavy atom. The first kappa shape index (κ1) is 15.9. The van der Waals surface area contributed by atoms with Gasteiger partial charge in [0.2, 0.25) is 0 Å². The second kappa shape index (κ2) is 8.13. The van der Waals surface area contributed by atoms with Crippen molar-refractivity contribution in [2.75, 3.05) is 20.6 Å². The van der Waals surface area contributed by atoms with E-state index in [1.165, 1.54) is 0 Å². The Bertz CT molecular complexity index is 219. The van der Waals surface area contributed by atoms with Crippen molar-refractivity contribution >= 4 is 0 Å². The average molecular weight is 257 g/mol. The van der Waals surface area contributed by atoms with Crippen molar-refractivity contribution in [1.82, 2.24) is 4.90 Å². The van der Waals surface area contributed by atoms with Gasteiger partial charge in [-0.05, 0) is 66.6 Å². The second-order valence-electron chi connectivity index (χ2n) is 6.00. The first-order valence-electron chi connectivity index (χ1n) is 7.46. The quantitative estimate of drug-likeness (QED) is 0.667. The van der Waals surface area contributed by atoms with E-state index in [1.807, 2.05) is 0 Å². The molecule has 0 bridgehead atoms. The fourth-order valence-corrected chi connectivity index (χ4v) is 2.58. The normalized spacial score (nSPS) is 26.2. The van der Waals surface area contributed by atoms with Gasteiger partial charge < -0.3 is 14.4 Å². The van der Waals surface area contributed by atoms with E-state index in [9.17, 15) is 0 Å². The largest absolute Gasteiger partial charge is 0.375 e. The summed E-state index contributed by atoms with van der Waals surface area (Å²) in [6, 6.07) is 0. The molecule has 0 radical (unpaired) electrons. The second-order valence-corrected chi connectivity index (χ2v) is 6.00. The topological polar surface area (TPSA) is 21.7 Å². The van der Waals surface area contributed by atoms with Crippen molar-refractivity contribution in [3.8, 4) is 0 Å². The lowest BCUT2D eigenvalue weighted by Gasteiger charge is -2.23. The van der Waals surface area contributed by atoms with Gasteiger partial charge in [-0.2, -0.15) is 0 Å². The lowest BCUT2D eigenvalue weighted by atomic mass is 10.2. The van der Waals surface area contributed by atoms with E-state index in [2.05, 4.69) is 39.8 Å². The highest BCUT2D eigenvalue weighted by molar-refractivity contribution is 4.78. The Kier molecular flexibility index (Phi) is 7.20. The van der Waals surface area contributed by atoms with Gasteiger partial charge in [0.05, 0.1) is 24.4 Å². The van der Waals surface area contributed by atoms with Gasteiger partial charge in [-0.1, -0.05) is 6.92 Å². The highest BCUT2D eigenvalue weighted by Crippen LogP contribution is 2.27. The maximum Gasteiger partial charge on any atom is 0.0604 e. The maximum absolute atomic E-state index is 6.22. The molecule has 0 aromatic carbocycles. The standard InChI is InChI=1S/C15H31NO2/c1-6-13(9-10-16(4)5)18-15-8-7-14(11-15)17-12(2)3/h12-15H,6-11H2,1-5H3/t13?,14-,15+/m1/s1. The number of nitrogens with zero attached hydrogens (tertiary/aromatic N) is 1. The predicted molar refractivity (Wildman–Crippen MR) is 76.0 cm³/mol. The van der Waals surface area contributed by atoms with Crippen LogP contribution in [0.4, 0.5) is 0 Å². The Morgan fingerprint density at radius 1 is 1.11 bits per heavy atom. The van der Waals surface area contributed by atoms with Crippen molar-refractivity contribution in [1.29, 1.82) is 0 Å². The summed E-state index contributed by atoms with van der Waals surface area (Å²) >= 11 is 0. The lowest BCUT2D eigenvalue weighted by molar-refractivity contribution is -0.0362. The highest BCUT2D eigenvalue weighted by atomic mass is 16.5. The molecule has 1 fully saturated rings. The predicted octanol–water partition coefficient (Wildman–Crippen LogP) is 3.08. The van der Waals surface area contributed by atoms with Gasteiger partial charge in [0.25, 0.3) is 0 Å². The molecule has 0 heterocycles. The van der Waals surface area contributed by atoms with Crippen LogP contribution < -0.4 is 0 Å². The highest BCUT2D eigenvalue weighted by Gasteiger charge is 2.28. The van der Waals surface area contributed by atoms with Crippen LogP contribution in [-0.2, 0) is 9.47 Å². The molecule has 0 N–H and O–H groups in total. The first-order chi connectivity index (χ1) is 8.51. The van der Waals surface area contributed by atoms with Crippen molar-refractivity contribution in [3.05, 3.63) is 0 Å². The number of rotatable bonds is 8. The molecule has 0 aliphatic heterocycles. The summed E-state index contributed by atoms with van der Waals surface area (Å²) in [5.74, 6) is 0. The van der Waals surface area contributed by atoms with E-state index in [0.29, 0.717) is 24.4 Å². The molecule has 0 spiro atoms. The molecular weight excluding hydrogens is 226 g/mol. The molecule has 1 saturated carbocycles. The Labute approximate surface area is 113 Å². The lowest BCUT2D eigenvalue weighted by Crippen LogP contribution is -2.25. The Hall–Kier alpha value is -0.120. The summed E-state index contributed by atoms with van der Waals surface area (Å²) in [6.07, 6.45) is 7.23. The van der Waals surface area contributed by atoms with Crippen LogP contribution in [0.25, 0.3) is 0 Å². The summed E-state index contributed by atoms with van der Waals surface area (Å²) in [4.78, 5) is 2.23. The molecule has 1 aliphatic rings. The molecule has 0 aromatic heterocycles. The van der Waals surface area contributed by atoms with Crippen LogP contribution in [0.15, 0.2) is 0 Å². The van der Waals surface area contributed by atoms with Crippen LogP contribution in [0, 0.1) is 0 Å². The van der Waals surface area contributed by atoms with E-state index < -0.39 is 0 Å². The number of hydrogen-bond acceptors (Lipinski definition) is 3. The van der Waals surface area contributed by atoms with Gasteiger partial charge in [0, 0.05) is 0 Å². The minimum Gasteiger partial charge on any atom is -0.375 e. The van der Waals surface area contributed by atoms with E-state index in [0.717, 1.165) is 38.6 Å². The SMILES string of the molecule is CCC(CCN(C)C)O[C@H]1CC[C@@H](OC(C)C)C1. The number of hydrogen-bond donors (Lipinski definition) is 0. The number of ether oxygens (including phenoxy) is 2. The summed E-state index contributed by atoms with van der Waals surface area (Å²) in [6.45, 7) is 7.55. The summed E-state index contributed by atoms with van der Waals surface area (Å²) in [5.41, 5.74) is 0. The van der Waals surface area contributed by atoms with Gasteiger partial charge in [0.15, 0.2) is 0 Å². The Balaban J connectivity index is 2.25. The minimum atomic E-state index is 0.337. The van der Waals surface area contributed by atoms with E-state index in [-0.39, 0.29) is 0 Å². The molecule has 18 heavy (non-hydrogen) atoms. The maximum atomic E-state index is 6.22. The van der Waals surface area contributed by atoms with Crippen LogP contribution in [-0.4, -0.2) is 50.0 Å². The molecule has 3 atom stereocenters. The van der Waals surface area contributed by atoms with Crippen LogP contribution in [0.3, 0.4) is 0 Å². The molecule has 3 heteroatoms. The molecule has 1 unspecified atom stereocenters. The van der Waals surface area contributed by atoms with E-state index in [1.54, 1.807) is 0 Å². The zero-order valence-corrected chi connectivity index (χ0v) is 12.8. The molecule has 108 valence electrons. The molecule has 0 amide bonds. The molecule has 0 aromatic rings. The van der Waals surface area contributed by atoms with Crippen molar-refractivity contribution in [3.63, 3.8) is 0 Å². The van der Waals surface area contributed by atoms with Crippen LogP contribution in [0.1, 0.15) is 52.9 Å². The smallest absolute Gasteiger partial charge is 0.0604 e. The van der Waals surface area contributed by atoms with Crippen molar-refractivity contribution in [2.24, 2.45) is 0 Å². The third-order valence-electron chi connectivity index (χ3n) is 3.54. The van der Waals surface area contributed by atoms with Crippen LogP contribution in [0.5, 0.6) is 0 Å². The van der Waals surface area contributed by atoms with E-state index in [4.69, 9.17) is 9.47 Å². The van der Waals surface area contributed by atoms with Gasteiger partial charge in [0.1, 0.15) is 0 Å². The van der Waals surface area contributed by atoms with Crippen LogP contribution >= 0.6 is 0 Å². The summed E-state index contributed by atoms with van der Waals surface area (Å²) in [7, 11) is 4.24. The fraction of sp³-hybridized carbons (Fsp3) is 1.00. The van der Waals surface area contributed by atoms with Gasteiger partial charge >= 0.3 is 0 Å². The summed E-state index contributed by atoms with van der Waals surface area (Å²) < 4.78 is 12.1. The Morgan fingerprint density at radius 2 is 1.72 bits per heavy atom. The van der Waals surface area contributed by atoms with Crippen LogP contribution in [0.2, 0.25) is 0 Å². The molecule has 1 aliphatic carbocycles. The minimum absolute atomic E-state index is 0.337.